The highest BCUT2D eigenvalue weighted by Gasteiger charge is 2.06. The number of ether oxygens (including phenoxy) is 1. The smallest absolute Gasteiger partial charge is 0.157 e. The van der Waals surface area contributed by atoms with Crippen LogP contribution in [-0.2, 0) is 7.05 Å². The lowest BCUT2D eigenvalue weighted by Crippen LogP contribution is -1.95. The van der Waals surface area contributed by atoms with E-state index in [0.717, 1.165) is 22.7 Å². The molecule has 0 radical (unpaired) electrons. The Hall–Kier alpha value is -2.10. The molecule has 1 aromatic carbocycles. The molecule has 2 rings (SSSR count). The Balaban J connectivity index is 2.56. The molecule has 0 aliphatic heterocycles. The van der Waals surface area contributed by atoms with Crippen LogP contribution in [0.3, 0.4) is 0 Å². The zero-order valence-corrected chi connectivity index (χ0v) is 9.34. The lowest BCUT2D eigenvalue weighted by atomic mass is 10.1. The Bertz CT molecular complexity index is 517. The Morgan fingerprint density at radius 1 is 1.38 bits per heavy atom. The first kappa shape index (κ1) is 10.4. The molecule has 0 aliphatic carbocycles. The topological polar surface area (TPSA) is 39.9 Å². The first-order chi connectivity index (χ1) is 7.74. The van der Waals surface area contributed by atoms with Crippen LogP contribution in [0.4, 0.5) is 0 Å². The fraction of sp³-hybridized carbons (Fsp3) is 0.167. The molecule has 4 nitrogen and oxygen atoms in total. The van der Waals surface area contributed by atoms with Crippen molar-refractivity contribution in [1.82, 2.24) is 14.8 Å². The number of hydrogen-bond donors (Lipinski definition) is 0. The highest BCUT2D eigenvalue weighted by atomic mass is 16.5. The molecular formula is C12H13N3O. The van der Waals surface area contributed by atoms with Gasteiger partial charge in [-0.15, -0.1) is 0 Å². The SMILES string of the molecule is C=Cc1cc(OC)cc(-c2ncnn2C)c1. The normalized spacial score (nSPS) is 10.1. The molecule has 2 aromatic rings. The van der Waals surface area contributed by atoms with E-state index in [2.05, 4.69) is 16.7 Å². The molecular weight excluding hydrogens is 202 g/mol. The van der Waals surface area contributed by atoms with Gasteiger partial charge >= 0.3 is 0 Å². The van der Waals surface area contributed by atoms with E-state index in [1.54, 1.807) is 17.9 Å². The maximum Gasteiger partial charge on any atom is 0.157 e. The van der Waals surface area contributed by atoms with E-state index in [0.29, 0.717) is 0 Å². The van der Waals surface area contributed by atoms with E-state index in [1.807, 2.05) is 25.2 Å². The molecule has 0 aliphatic rings. The van der Waals surface area contributed by atoms with Crippen molar-refractivity contribution in [3.63, 3.8) is 0 Å². The van der Waals surface area contributed by atoms with E-state index in [-0.39, 0.29) is 0 Å². The quantitative estimate of drug-likeness (QED) is 0.787. The van der Waals surface area contributed by atoms with Crippen LogP contribution in [0.15, 0.2) is 31.1 Å². The number of benzene rings is 1. The Labute approximate surface area is 94.2 Å². The summed E-state index contributed by atoms with van der Waals surface area (Å²) in [5, 5.41) is 4.04. The van der Waals surface area contributed by atoms with Gasteiger partial charge in [-0.3, -0.25) is 0 Å². The van der Waals surface area contributed by atoms with Gasteiger partial charge in [-0.05, 0) is 23.8 Å². The van der Waals surface area contributed by atoms with Crippen molar-refractivity contribution in [1.29, 1.82) is 0 Å². The van der Waals surface area contributed by atoms with Gasteiger partial charge < -0.3 is 4.74 Å². The number of rotatable bonds is 3. The second-order valence-corrected chi connectivity index (χ2v) is 3.41. The first-order valence-corrected chi connectivity index (χ1v) is 4.90. The summed E-state index contributed by atoms with van der Waals surface area (Å²) in [6.07, 6.45) is 3.31. The molecule has 0 N–H and O–H groups in total. The molecule has 0 spiro atoms. The molecule has 0 atom stereocenters. The lowest BCUT2D eigenvalue weighted by Gasteiger charge is -2.06. The van der Waals surface area contributed by atoms with Crippen LogP contribution in [0, 0.1) is 0 Å². The maximum absolute atomic E-state index is 5.23. The molecule has 82 valence electrons. The van der Waals surface area contributed by atoms with Crippen molar-refractivity contribution in [2.24, 2.45) is 7.05 Å². The molecule has 4 heteroatoms. The van der Waals surface area contributed by atoms with Crippen molar-refractivity contribution in [3.8, 4) is 17.1 Å². The predicted octanol–water partition coefficient (Wildman–Crippen LogP) is 2.13. The molecule has 1 heterocycles. The summed E-state index contributed by atoms with van der Waals surface area (Å²) in [6, 6.07) is 5.85. The largest absolute Gasteiger partial charge is 0.497 e. The van der Waals surface area contributed by atoms with Crippen LogP contribution >= 0.6 is 0 Å². The predicted molar refractivity (Wildman–Crippen MR) is 63.1 cm³/mol. The van der Waals surface area contributed by atoms with E-state index in [4.69, 9.17) is 4.74 Å². The van der Waals surface area contributed by atoms with E-state index < -0.39 is 0 Å². The first-order valence-electron chi connectivity index (χ1n) is 4.90. The fourth-order valence-electron chi connectivity index (χ4n) is 1.54. The number of methoxy groups -OCH3 is 1. The summed E-state index contributed by atoms with van der Waals surface area (Å²) >= 11 is 0. The molecule has 1 aromatic heterocycles. The zero-order valence-electron chi connectivity index (χ0n) is 9.34. The molecule has 0 saturated heterocycles. The van der Waals surface area contributed by atoms with Crippen LogP contribution in [0.1, 0.15) is 5.56 Å². The Kier molecular flexibility index (Phi) is 2.72. The average Bonchev–Trinajstić information content (AvgIpc) is 2.74. The highest BCUT2D eigenvalue weighted by molar-refractivity contribution is 5.64. The molecule has 0 fully saturated rings. The molecule has 0 unspecified atom stereocenters. The summed E-state index contributed by atoms with van der Waals surface area (Å²) in [4.78, 5) is 4.20. The van der Waals surface area contributed by atoms with Gasteiger partial charge in [-0.2, -0.15) is 5.10 Å². The van der Waals surface area contributed by atoms with Gasteiger partial charge in [0, 0.05) is 12.6 Å². The van der Waals surface area contributed by atoms with Crippen LogP contribution < -0.4 is 4.74 Å². The van der Waals surface area contributed by atoms with Crippen molar-refractivity contribution < 1.29 is 4.74 Å². The highest BCUT2D eigenvalue weighted by Crippen LogP contribution is 2.24. The van der Waals surface area contributed by atoms with Gasteiger partial charge in [0.25, 0.3) is 0 Å². The van der Waals surface area contributed by atoms with Gasteiger partial charge in [0.1, 0.15) is 12.1 Å². The van der Waals surface area contributed by atoms with Crippen LogP contribution in [-0.4, -0.2) is 21.9 Å². The van der Waals surface area contributed by atoms with E-state index in [9.17, 15) is 0 Å². The molecule has 16 heavy (non-hydrogen) atoms. The maximum atomic E-state index is 5.23. The third-order valence-electron chi connectivity index (χ3n) is 2.37. The van der Waals surface area contributed by atoms with Crippen LogP contribution in [0.5, 0.6) is 5.75 Å². The van der Waals surface area contributed by atoms with Gasteiger partial charge in [0.05, 0.1) is 7.11 Å². The average molecular weight is 215 g/mol. The summed E-state index contributed by atoms with van der Waals surface area (Å²) in [5.74, 6) is 1.59. The number of aryl methyl sites for hydroxylation is 1. The lowest BCUT2D eigenvalue weighted by molar-refractivity contribution is 0.415. The molecule has 0 saturated carbocycles. The van der Waals surface area contributed by atoms with Gasteiger partial charge in [-0.25, -0.2) is 9.67 Å². The van der Waals surface area contributed by atoms with Crippen molar-refractivity contribution in [2.45, 2.75) is 0 Å². The zero-order chi connectivity index (χ0) is 11.5. The second kappa shape index (κ2) is 4.18. The van der Waals surface area contributed by atoms with Crippen molar-refractivity contribution >= 4 is 6.08 Å². The summed E-state index contributed by atoms with van der Waals surface area (Å²) in [6.45, 7) is 3.75. The minimum Gasteiger partial charge on any atom is -0.497 e. The minimum absolute atomic E-state index is 0.787. The second-order valence-electron chi connectivity index (χ2n) is 3.41. The standard InChI is InChI=1S/C12H13N3O/c1-4-9-5-10(7-11(6-9)16-3)12-13-8-14-15(12)2/h4-8H,1H2,2-3H3. The number of aromatic nitrogens is 3. The number of nitrogens with zero attached hydrogens (tertiary/aromatic N) is 3. The van der Waals surface area contributed by atoms with E-state index >= 15 is 0 Å². The van der Waals surface area contributed by atoms with Crippen LogP contribution in [0.25, 0.3) is 17.5 Å². The molecule has 0 amide bonds. The summed E-state index contributed by atoms with van der Waals surface area (Å²) < 4.78 is 6.95. The van der Waals surface area contributed by atoms with Gasteiger partial charge in [-0.1, -0.05) is 12.7 Å². The Morgan fingerprint density at radius 2 is 2.19 bits per heavy atom. The third kappa shape index (κ3) is 1.82. The fourth-order valence-corrected chi connectivity index (χ4v) is 1.54. The monoisotopic (exact) mass is 215 g/mol. The molecule has 0 bridgehead atoms. The third-order valence-corrected chi connectivity index (χ3v) is 2.37. The number of hydrogen-bond acceptors (Lipinski definition) is 3. The minimum atomic E-state index is 0.787. The van der Waals surface area contributed by atoms with Crippen LogP contribution in [0.2, 0.25) is 0 Å². The summed E-state index contributed by atoms with van der Waals surface area (Å²) in [5.41, 5.74) is 1.96. The van der Waals surface area contributed by atoms with Gasteiger partial charge in [0.2, 0.25) is 0 Å². The summed E-state index contributed by atoms with van der Waals surface area (Å²) in [7, 11) is 3.50. The van der Waals surface area contributed by atoms with Crippen molar-refractivity contribution in [2.75, 3.05) is 7.11 Å². The van der Waals surface area contributed by atoms with E-state index in [1.165, 1.54) is 6.33 Å². The van der Waals surface area contributed by atoms with Gasteiger partial charge in [0.15, 0.2) is 5.82 Å². The van der Waals surface area contributed by atoms with Crippen molar-refractivity contribution in [3.05, 3.63) is 36.7 Å². The Morgan fingerprint density at radius 3 is 2.75 bits per heavy atom.